The third-order valence-corrected chi connectivity index (χ3v) is 2.44. The number of nitrogens with zero attached hydrogens (tertiary/aromatic N) is 3. The summed E-state index contributed by atoms with van der Waals surface area (Å²) >= 11 is 0. The highest BCUT2D eigenvalue weighted by Gasteiger charge is 2.15. The minimum absolute atomic E-state index is 0.0171. The minimum atomic E-state index is -1.16. The molecule has 1 aliphatic rings. The fraction of sp³-hybridized carbons (Fsp3) is 0.400. The van der Waals surface area contributed by atoms with Gasteiger partial charge >= 0.3 is 5.97 Å². The summed E-state index contributed by atoms with van der Waals surface area (Å²) in [4.78, 5) is 22.1. The first-order valence-electron chi connectivity index (χ1n) is 5.23. The van der Waals surface area contributed by atoms with Gasteiger partial charge in [-0.25, -0.2) is 9.48 Å². The van der Waals surface area contributed by atoms with Crippen LogP contribution in [0.15, 0.2) is 18.3 Å². The molecule has 0 spiro atoms. The van der Waals surface area contributed by atoms with Gasteiger partial charge in [-0.15, -0.1) is 5.10 Å². The highest BCUT2D eigenvalue weighted by Crippen LogP contribution is 2.08. The second kappa shape index (κ2) is 4.77. The second-order valence-corrected chi connectivity index (χ2v) is 3.81. The standard InChI is InChI=1S/C10H12N4O3/c15-9(11-7-3-1-2-4-7)6-14-5-8(10(16)17)12-13-14/h1-2,5,7H,3-4,6H2,(H,11,15)(H,16,17). The Kier molecular flexibility index (Phi) is 3.17. The number of aromatic nitrogens is 3. The van der Waals surface area contributed by atoms with Crippen molar-refractivity contribution < 1.29 is 14.7 Å². The molecule has 0 saturated heterocycles. The molecule has 0 saturated carbocycles. The Hall–Kier alpha value is -2.18. The van der Waals surface area contributed by atoms with Gasteiger partial charge in [0.2, 0.25) is 5.91 Å². The topological polar surface area (TPSA) is 97.1 Å². The van der Waals surface area contributed by atoms with E-state index in [1.165, 1.54) is 10.9 Å². The summed E-state index contributed by atoms with van der Waals surface area (Å²) in [5.74, 6) is -1.35. The van der Waals surface area contributed by atoms with Crippen LogP contribution in [0.1, 0.15) is 23.3 Å². The summed E-state index contributed by atoms with van der Waals surface area (Å²) in [5, 5.41) is 18.4. The number of carbonyl (C=O) groups excluding carboxylic acids is 1. The largest absolute Gasteiger partial charge is 0.476 e. The van der Waals surface area contributed by atoms with Crippen LogP contribution in [0.4, 0.5) is 0 Å². The van der Waals surface area contributed by atoms with E-state index in [9.17, 15) is 9.59 Å². The Balaban J connectivity index is 1.86. The highest BCUT2D eigenvalue weighted by atomic mass is 16.4. The molecule has 0 aliphatic heterocycles. The fourth-order valence-electron chi connectivity index (χ4n) is 1.63. The van der Waals surface area contributed by atoms with E-state index < -0.39 is 5.97 Å². The maximum absolute atomic E-state index is 11.6. The number of carboxylic acid groups (broad SMARTS) is 1. The van der Waals surface area contributed by atoms with Crippen molar-refractivity contribution in [1.82, 2.24) is 20.3 Å². The van der Waals surface area contributed by atoms with Gasteiger partial charge in [0.05, 0.1) is 6.20 Å². The van der Waals surface area contributed by atoms with Crippen LogP contribution in [0, 0.1) is 0 Å². The van der Waals surface area contributed by atoms with Gasteiger partial charge in [-0.2, -0.15) is 0 Å². The fourth-order valence-corrected chi connectivity index (χ4v) is 1.63. The van der Waals surface area contributed by atoms with Crippen LogP contribution in [0.2, 0.25) is 0 Å². The summed E-state index contributed by atoms with van der Waals surface area (Å²) in [7, 11) is 0. The van der Waals surface area contributed by atoms with Gasteiger partial charge in [0.25, 0.3) is 0 Å². The first kappa shape index (κ1) is 11.3. The maximum atomic E-state index is 11.6. The molecule has 1 amide bonds. The van der Waals surface area contributed by atoms with E-state index >= 15 is 0 Å². The van der Waals surface area contributed by atoms with E-state index in [1.807, 2.05) is 12.2 Å². The van der Waals surface area contributed by atoms with Gasteiger partial charge in [0, 0.05) is 6.04 Å². The van der Waals surface area contributed by atoms with Gasteiger partial charge in [-0.3, -0.25) is 4.79 Å². The zero-order valence-corrected chi connectivity index (χ0v) is 9.04. The normalized spacial score (nSPS) is 15.1. The molecule has 0 fully saturated rings. The quantitative estimate of drug-likeness (QED) is 0.706. The van der Waals surface area contributed by atoms with Crippen LogP contribution in [0.3, 0.4) is 0 Å². The van der Waals surface area contributed by atoms with Crippen LogP contribution >= 0.6 is 0 Å². The molecule has 0 unspecified atom stereocenters. The van der Waals surface area contributed by atoms with E-state index in [0.29, 0.717) is 0 Å². The van der Waals surface area contributed by atoms with Gasteiger partial charge in [-0.05, 0) is 12.8 Å². The van der Waals surface area contributed by atoms with Crippen LogP contribution < -0.4 is 5.32 Å². The summed E-state index contributed by atoms with van der Waals surface area (Å²) in [6.45, 7) is -0.0171. The molecule has 0 aromatic carbocycles. The highest BCUT2D eigenvalue weighted by molar-refractivity contribution is 5.84. The molecule has 7 heteroatoms. The average Bonchev–Trinajstić information content (AvgIpc) is 2.88. The monoisotopic (exact) mass is 236 g/mol. The zero-order chi connectivity index (χ0) is 12.3. The van der Waals surface area contributed by atoms with E-state index in [2.05, 4.69) is 15.6 Å². The van der Waals surface area contributed by atoms with Gasteiger partial charge in [0.15, 0.2) is 5.69 Å². The van der Waals surface area contributed by atoms with Crippen LogP contribution in [-0.4, -0.2) is 38.0 Å². The summed E-state index contributed by atoms with van der Waals surface area (Å²) in [6, 6.07) is 0.143. The van der Waals surface area contributed by atoms with Crippen LogP contribution in [0.25, 0.3) is 0 Å². The number of amides is 1. The van der Waals surface area contributed by atoms with Crippen molar-refractivity contribution in [3.05, 3.63) is 24.0 Å². The zero-order valence-electron chi connectivity index (χ0n) is 9.04. The van der Waals surface area contributed by atoms with Crippen LogP contribution in [-0.2, 0) is 11.3 Å². The summed E-state index contributed by atoms with van der Waals surface area (Å²) < 4.78 is 1.21. The molecule has 0 bridgehead atoms. The van der Waals surface area contributed by atoms with Crippen molar-refractivity contribution in [2.75, 3.05) is 0 Å². The van der Waals surface area contributed by atoms with Crippen molar-refractivity contribution in [2.24, 2.45) is 0 Å². The minimum Gasteiger partial charge on any atom is -0.476 e. The smallest absolute Gasteiger partial charge is 0.358 e. The Morgan fingerprint density at radius 1 is 1.47 bits per heavy atom. The molecule has 90 valence electrons. The molecular formula is C10H12N4O3. The lowest BCUT2D eigenvalue weighted by Crippen LogP contribution is -2.35. The number of rotatable bonds is 4. The third-order valence-electron chi connectivity index (χ3n) is 2.44. The molecule has 0 radical (unpaired) electrons. The number of nitrogens with one attached hydrogen (secondary N) is 1. The second-order valence-electron chi connectivity index (χ2n) is 3.81. The molecule has 7 nitrogen and oxygen atoms in total. The van der Waals surface area contributed by atoms with E-state index in [1.54, 1.807) is 0 Å². The first-order valence-corrected chi connectivity index (χ1v) is 5.23. The molecule has 2 N–H and O–H groups in total. The van der Waals surface area contributed by atoms with Gasteiger partial charge in [0.1, 0.15) is 6.54 Å². The lowest BCUT2D eigenvalue weighted by atomic mass is 10.2. The number of carboxylic acids is 1. The average molecular weight is 236 g/mol. The lowest BCUT2D eigenvalue weighted by molar-refractivity contribution is -0.122. The van der Waals surface area contributed by atoms with E-state index in [0.717, 1.165) is 12.8 Å². The predicted octanol–water partition coefficient (Wildman–Crippen LogP) is -0.189. The molecule has 0 atom stereocenters. The molecule has 1 heterocycles. The number of hydrogen-bond acceptors (Lipinski definition) is 4. The molecule has 1 aromatic rings. The lowest BCUT2D eigenvalue weighted by Gasteiger charge is -2.11. The SMILES string of the molecule is O=C(Cn1cc(C(=O)O)nn1)NC1CC=CC1. The molecule has 1 aromatic heterocycles. The maximum Gasteiger partial charge on any atom is 0.358 e. The van der Waals surface area contributed by atoms with Crippen molar-refractivity contribution in [3.63, 3.8) is 0 Å². The molecule has 17 heavy (non-hydrogen) atoms. The number of aromatic carboxylic acids is 1. The Bertz CT molecular complexity index is 458. The molecule has 1 aliphatic carbocycles. The Morgan fingerprint density at radius 3 is 2.76 bits per heavy atom. The van der Waals surface area contributed by atoms with E-state index in [-0.39, 0.29) is 24.2 Å². The molecule has 2 rings (SSSR count). The molecular weight excluding hydrogens is 224 g/mol. The van der Waals surface area contributed by atoms with Crippen molar-refractivity contribution in [2.45, 2.75) is 25.4 Å². The first-order chi connectivity index (χ1) is 8.15. The van der Waals surface area contributed by atoms with Crippen molar-refractivity contribution in [3.8, 4) is 0 Å². The third kappa shape index (κ3) is 2.90. The summed E-state index contributed by atoms with van der Waals surface area (Å²) in [6.07, 6.45) is 6.94. The van der Waals surface area contributed by atoms with Gasteiger partial charge in [-0.1, -0.05) is 17.4 Å². The predicted molar refractivity (Wildman–Crippen MR) is 57.3 cm³/mol. The van der Waals surface area contributed by atoms with Crippen LogP contribution in [0.5, 0.6) is 0 Å². The number of hydrogen-bond donors (Lipinski definition) is 2. The summed E-state index contributed by atoms with van der Waals surface area (Å²) in [5.41, 5.74) is -0.166. The van der Waals surface area contributed by atoms with E-state index in [4.69, 9.17) is 5.11 Å². The Labute approximate surface area is 97.1 Å². The van der Waals surface area contributed by atoms with Crippen molar-refractivity contribution >= 4 is 11.9 Å². The Morgan fingerprint density at radius 2 is 2.18 bits per heavy atom. The number of carbonyl (C=O) groups is 2. The van der Waals surface area contributed by atoms with Crippen molar-refractivity contribution in [1.29, 1.82) is 0 Å². The van der Waals surface area contributed by atoms with Gasteiger partial charge < -0.3 is 10.4 Å².